The van der Waals surface area contributed by atoms with Gasteiger partial charge in [0.15, 0.2) is 11.5 Å². The van der Waals surface area contributed by atoms with Crippen molar-refractivity contribution in [2.75, 3.05) is 7.11 Å². The average molecular weight is 464 g/mol. The zero-order valence-corrected chi connectivity index (χ0v) is 16.4. The van der Waals surface area contributed by atoms with Gasteiger partial charge >= 0.3 is 6.03 Å². The van der Waals surface area contributed by atoms with E-state index in [-0.39, 0.29) is 18.0 Å². The Morgan fingerprint density at radius 2 is 1.92 bits per heavy atom. The molecular weight excluding hydrogens is 447 g/mol. The molecule has 0 unspecified atom stereocenters. The number of halogens is 1. The van der Waals surface area contributed by atoms with E-state index in [0.717, 1.165) is 11.1 Å². The highest BCUT2D eigenvalue weighted by atomic mass is 127. The molecule has 2 N–H and O–H groups in total. The summed E-state index contributed by atoms with van der Waals surface area (Å²) < 4.78 is 5.71. The van der Waals surface area contributed by atoms with Gasteiger partial charge in [0.25, 0.3) is 5.91 Å². The van der Waals surface area contributed by atoms with Crippen LogP contribution in [0.3, 0.4) is 0 Å². The third-order valence-corrected chi connectivity index (χ3v) is 4.83. The molecule has 0 saturated carbocycles. The summed E-state index contributed by atoms with van der Waals surface area (Å²) in [5.41, 5.74) is 2.82. The van der Waals surface area contributed by atoms with E-state index < -0.39 is 11.9 Å². The number of aromatic hydroxyl groups is 1. The van der Waals surface area contributed by atoms with Gasteiger partial charge in [-0.25, -0.2) is 4.79 Å². The lowest BCUT2D eigenvalue weighted by Gasteiger charge is -2.11. The standard InChI is InChI=1S/C19H17IN2O4/c1-11-3-5-12(6-4-11)10-22-18(24)15(21-19(22)25)8-13-7-14(20)17(23)16(9-13)26-2/h3-9,23H,10H2,1-2H3,(H,21,25)/b15-8+. The molecule has 3 amide bonds. The molecule has 0 atom stereocenters. The number of nitrogens with zero attached hydrogens (tertiary/aromatic N) is 1. The molecule has 0 radical (unpaired) electrons. The van der Waals surface area contributed by atoms with Crippen LogP contribution in [0.5, 0.6) is 11.5 Å². The van der Waals surface area contributed by atoms with E-state index in [4.69, 9.17) is 4.74 Å². The van der Waals surface area contributed by atoms with Gasteiger partial charge in [-0.1, -0.05) is 29.8 Å². The number of phenolic OH excluding ortho intramolecular Hbond substituents is 1. The first-order chi connectivity index (χ1) is 12.4. The quantitative estimate of drug-likeness (QED) is 0.413. The molecule has 2 aromatic carbocycles. The van der Waals surface area contributed by atoms with Gasteiger partial charge in [0, 0.05) is 0 Å². The molecular formula is C19H17IN2O4. The number of phenols is 1. The number of aryl methyl sites for hydroxylation is 1. The maximum absolute atomic E-state index is 12.6. The van der Waals surface area contributed by atoms with Crippen LogP contribution >= 0.6 is 22.6 Å². The van der Waals surface area contributed by atoms with Gasteiger partial charge in [-0.15, -0.1) is 0 Å². The van der Waals surface area contributed by atoms with Crippen LogP contribution in [0.15, 0.2) is 42.1 Å². The molecule has 1 heterocycles. The Bertz CT molecular complexity index is 907. The Morgan fingerprint density at radius 3 is 2.58 bits per heavy atom. The lowest BCUT2D eigenvalue weighted by Crippen LogP contribution is -2.30. The number of hydrogen-bond donors (Lipinski definition) is 2. The third-order valence-electron chi connectivity index (χ3n) is 4.01. The second-order valence-corrected chi connectivity index (χ2v) is 7.08. The smallest absolute Gasteiger partial charge is 0.329 e. The van der Waals surface area contributed by atoms with Gasteiger partial charge in [0.2, 0.25) is 0 Å². The van der Waals surface area contributed by atoms with Gasteiger partial charge in [-0.3, -0.25) is 9.69 Å². The zero-order chi connectivity index (χ0) is 18.8. The van der Waals surface area contributed by atoms with E-state index in [0.29, 0.717) is 14.9 Å². The monoisotopic (exact) mass is 464 g/mol. The van der Waals surface area contributed by atoms with E-state index in [1.807, 2.05) is 53.8 Å². The number of nitrogens with one attached hydrogen (secondary N) is 1. The predicted molar refractivity (Wildman–Crippen MR) is 106 cm³/mol. The van der Waals surface area contributed by atoms with E-state index >= 15 is 0 Å². The van der Waals surface area contributed by atoms with E-state index in [1.165, 1.54) is 12.0 Å². The number of benzene rings is 2. The first kappa shape index (κ1) is 18.2. The van der Waals surface area contributed by atoms with Gasteiger partial charge in [0.05, 0.1) is 17.2 Å². The average Bonchev–Trinajstić information content (AvgIpc) is 2.87. The minimum Gasteiger partial charge on any atom is -0.504 e. The van der Waals surface area contributed by atoms with Gasteiger partial charge in [-0.05, 0) is 58.9 Å². The molecule has 1 aliphatic rings. The lowest BCUT2D eigenvalue weighted by molar-refractivity contribution is -0.123. The summed E-state index contributed by atoms with van der Waals surface area (Å²) in [5.74, 6) is -0.0484. The van der Waals surface area contributed by atoms with Crippen LogP contribution in [-0.4, -0.2) is 29.1 Å². The molecule has 1 aliphatic heterocycles. The fourth-order valence-corrected chi connectivity index (χ4v) is 3.22. The number of rotatable bonds is 4. The molecule has 0 spiro atoms. The number of carbonyl (C=O) groups excluding carboxylic acids is 2. The molecule has 0 bridgehead atoms. The van der Waals surface area contributed by atoms with E-state index in [2.05, 4.69) is 5.32 Å². The lowest BCUT2D eigenvalue weighted by atomic mass is 10.1. The summed E-state index contributed by atoms with van der Waals surface area (Å²) in [6, 6.07) is 10.5. The van der Waals surface area contributed by atoms with Crippen molar-refractivity contribution in [2.45, 2.75) is 13.5 Å². The van der Waals surface area contributed by atoms with Crippen molar-refractivity contribution in [1.29, 1.82) is 0 Å². The van der Waals surface area contributed by atoms with Crippen molar-refractivity contribution < 1.29 is 19.4 Å². The van der Waals surface area contributed by atoms with Crippen LogP contribution in [0.25, 0.3) is 6.08 Å². The summed E-state index contributed by atoms with van der Waals surface area (Å²) in [4.78, 5) is 25.9. The molecule has 6 nitrogen and oxygen atoms in total. The van der Waals surface area contributed by atoms with E-state index in [9.17, 15) is 14.7 Å². The Kier molecular flexibility index (Phi) is 5.17. The fraction of sp³-hybridized carbons (Fsp3) is 0.158. The molecule has 7 heteroatoms. The Balaban J connectivity index is 1.85. The van der Waals surface area contributed by atoms with Gasteiger partial charge in [-0.2, -0.15) is 0 Å². The van der Waals surface area contributed by atoms with Crippen molar-refractivity contribution >= 4 is 40.6 Å². The highest BCUT2D eigenvalue weighted by Crippen LogP contribution is 2.33. The third kappa shape index (κ3) is 3.67. The summed E-state index contributed by atoms with van der Waals surface area (Å²) in [5, 5.41) is 12.5. The molecule has 0 aliphatic carbocycles. The molecule has 1 fully saturated rings. The highest BCUT2D eigenvalue weighted by molar-refractivity contribution is 14.1. The minimum absolute atomic E-state index is 0.0398. The van der Waals surface area contributed by atoms with Crippen molar-refractivity contribution in [3.8, 4) is 11.5 Å². The van der Waals surface area contributed by atoms with Crippen LogP contribution in [0.4, 0.5) is 4.79 Å². The second-order valence-electron chi connectivity index (χ2n) is 5.92. The number of amides is 3. The van der Waals surface area contributed by atoms with Crippen LogP contribution < -0.4 is 10.1 Å². The SMILES string of the molecule is COc1cc(/C=C2/NC(=O)N(Cc3ccc(C)cc3)C2=O)cc(I)c1O. The van der Waals surface area contributed by atoms with Crippen molar-refractivity contribution in [2.24, 2.45) is 0 Å². The summed E-state index contributed by atoms with van der Waals surface area (Å²) in [7, 11) is 1.45. The minimum atomic E-state index is -0.456. The molecule has 3 rings (SSSR count). The fourth-order valence-electron chi connectivity index (χ4n) is 2.59. The van der Waals surface area contributed by atoms with Crippen LogP contribution in [-0.2, 0) is 11.3 Å². The van der Waals surface area contributed by atoms with E-state index in [1.54, 1.807) is 18.2 Å². The number of imide groups is 1. The van der Waals surface area contributed by atoms with Gasteiger partial charge < -0.3 is 15.2 Å². The maximum Gasteiger partial charge on any atom is 0.329 e. The number of ether oxygens (including phenoxy) is 1. The van der Waals surface area contributed by atoms with Crippen LogP contribution in [0.2, 0.25) is 0 Å². The number of carbonyl (C=O) groups is 2. The first-order valence-corrected chi connectivity index (χ1v) is 8.93. The molecule has 0 aromatic heterocycles. The Hall–Kier alpha value is -2.55. The summed E-state index contributed by atoms with van der Waals surface area (Å²) in [6.07, 6.45) is 1.57. The zero-order valence-electron chi connectivity index (χ0n) is 14.2. The van der Waals surface area contributed by atoms with Crippen molar-refractivity contribution in [3.63, 3.8) is 0 Å². The maximum atomic E-state index is 12.6. The highest BCUT2D eigenvalue weighted by Gasteiger charge is 2.33. The Labute approximate surface area is 164 Å². The first-order valence-electron chi connectivity index (χ1n) is 7.85. The van der Waals surface area contributed by atoms with Crippen LogP contribution in [0.1, 0.15) is 16.7 Å². The number of hydrogen-bond acceptors (Lipinski definition) is 4. The second kappa shape index (κ2) is 7.36. The largest absolute Gasteiger partial charge is 0.504 e. The number of urea groups is 1. The summed E-state index contributed by atoms with van der Waals surface area (Å²) >= 11 is 1.97. The predicted octanol–water partition coefficient (Wildman–Crippen LogP) is 3.41. The number of methoxy groups -OCH3 is 1. The topological polar surface area (TPSA) is 78.9 Å². The van der Waals surface area contributed by atoms with Crippen LogP contribution in [0, 0.1) is 10.5 Å². The molecule has 1 saturated heterocycles. The van der Waals surface area contributed by atoms with Crippen molar-refractivity contribution in [3.05, 3.63) is 62.4 Å². The molecule has 2 aromatic rings. The van der Waals surface area contributed by atoms with Gasteiger partial charge in [0.1, 0.15) is 5.70 Å². The summed E-state index contributed by atoms with van der Waals surface area (Å²) in [6.45, 7) is 2.18. The molecule has 134 valence electrons. The van der Waals surface area contributed by atoms with Crippen molar-refractivity contribution in [1.82, 2.24) is 10.2 Å². The normalized spacial score (nSPS) is 15.5. The molecule has 26 heavy (non-hydrogen) atoms. The Morgan fingerprint density at radius 1 is 1.23 bits per heavy atom.